The lowest BCUT2D eigenvalue weighted by Crippen LogP contribution is -2.30. The molecule has 1 saturated heterocycles. The molecule has 3 aromatic rings. The Balaban J connectivity index is 1.14. The van der Waals surface area contributed by atoms with Gasteiger partial charge in [0, 0.05) is 0 Å². The Morgan fingerprint density at radius 2 is 1.55 bits per heavy atom. The molecule has 0 radical (unpaired) electrons. The molecular weight excluding hydrogens is 496 g/mol. The molecule has 2 fully saturated rings. The number of carbonyl (C=O) groups is 1. The van der Waals surface area contributed by atoms with E-state index in [2.05, 4.69) is 54.6 Å². The Morgan fingerprint density at radius 1 is 0.842 bits per heavy atom. The van der Waals surface area contributed by atoms with Crippen LogP contribution in [-0.4, -0.2) is 37.1 Å². The fourth-order valence-electron chi connectivity index (χ4n) is 6.07. The first-order valence-electron chi connectivity index (χ1n) is 13.8. The van der Waals surface area contributed by atoms with E-state index in [1.54, 1.807) is 0 Å². The molecule has 0 spiro atoms. The molecular formula is C32H34O5S. The predicted molar refractivity (Wildman–Crippen MR) is 149 cm³/mol. The maximum atomic E-state index is 11.7. The third-order valence-corrected chi connectivity index (χ3v) is 10.2. The predicted octanol–water partition coefficient (Wildman–Crippen LogP) is 5.77. The lowest BCUT2D eigenvalue weighted by atomic mass is 9.93. The highest BCUT2D eigenvalue weighted by atomic mass is 32.2. The molecule has 198 valence electrons. The summed E-state index contributed by atoms with van der Waals surface area (Å²) in [5, 5.41) is 9.18. The van der Waals surface area contributed by atoms with Crippen LogP contribution in [0.5, 0.6) is 5.75 Å². The summed E-state index contributed by atoms with van der Waals surface area (Å²) in [5.41, 5.74) is 9.01. The van der Waals surface area contributed by atoms with Crippen molar-refractivity contribution < 1.29 is 23.1 Å². The van der Waals surface area contributed by atoms with E-state index in [1.807, 2.05) is 6.07 Å². The van der Waals surface area contributed by atoms with Gasteiger partial charge in [0.1, 0.15) is 11.9 Å². The minimum absolute atomic E-state index is 0.0295. The number of aryl methyl sites for hydroxylation is 4. The van der Waals surface area contributed by atoms with Crippen molar-refractivity contribution in [2.75, 3.05) is 11.5 Å². The Bertz CT molecular complexity index is 1440. The molecule has 3 aliphatic rings. The first-order chi connectivity index (χ1) is 18.3. The molecule has 1 N–H and O–H groups in total. The number of hydrogen-bond acceptors (Lipinski definition) is 4. The van der Waals surface area contributed by atoms with Crippen LogP contribution >= 0.6 is 0 Å². The van der Waals surface area contributed by atoms with Gasteiger partial charge >= 0.3 is 5.97 Å². The van der Waals surface area contributed by atoms with Gasteiger partial charge in [-0.05, 0) is 108 Å². The SMILES string of the molecule is O=C(O)[C@H]1C[C@@H]1c1ccc(CCc2ccc3c(c2)-c2ccc(OC4CCS(=O)(=O)CC4)cc2CCC3)cc1. The van der Waals surface area contributed by atoms with Gasteiger partial charge in [-0.1, -0.05) is 48.5 Å². The zero-order chi connectivity index (χ0) is 26.3. The summed E-state index contributed by atoms with van der Waals surface area (Å²) in [5.74, 6) is 0.558. The second-order valence-electron chi connectivity index (χ2n) is 11.2. The molecule has 3 aromatic carbocycles. The van der Waals surface area contributed by atoms with Crippen LogP contribution in [0.2, 0.25) is 0 Å². The van der Waals surface area contributed by atoms with Crippen LogP contribution in [0.1, 0.15) is 59.4 Å². The number of hydrogen-bond donors (Lipinski definition) is 1. The maximum absolute atomic E-state index is 11.7. The summed E-state index contributed by atoms with van der Waals surface area (Å²) < 4.78 is 29.7. The highest BCUT2D eigenvalue weighted by Gasteiger charge is 2.44. The van der Waals surface area contributed by atoms with Crippen LogP contribution in [0, 0.1) is 5.92 Å². The normalized spacial score (nSPS) is 22.1. The second-order valence-corrected chi connectivity index (χ2v) is 13.5. The van der Waals surface area contributed by atoms with Crippen molar-refractivity contribution in [3.8, 4) is 16.9 Å². The fourth-order valence-corrected chi connectivity index (χ4v) is 7.51. The molecule has 1 saturated carbocycles. The number of aliphatic carboxylic acids is 1. The van der Waals surface area contributed by atoms with Gasteiger partial charge in [-0.2, -0.15) is 0 Å². The van der Waals surface area contributed by atoms with Gasteiger partial charge in [0.25, 0.3) is 0 Å². The van der Waals surface area contributed by atoms with Crippen LogP contribution in [-0.2, 0) is 40.3 Å². The van der Waals surface area contributed by atoms with Gasteiger partial charge in [-0.15, -0.1) is 0 Å². The van der Waals surface area contributed by atoms with Crippen LogP contribution in [0.25, 0.3) is 11.1 Å². The number of carboxylic acid groups (broad SMARTS) is 1. The minimum Gasteiger partial charge on any atom is -0.490 e. The van der Waals surface area contributed by atoms with E-state index in [-0.39, 0.29) is 29.4 Å². The molecule has 5 nitrogen and oxygen atoms in total. The molecule has 6 rings (SSSR count). The molecule has 0 bridgehead atoms. The summed E-state index contributed by atoms with van der Waals surface area (Å²) >= 11 is 0. The minimum atomic E-state index is -2.89. The van der Waals surface area contributed by atoms with E-state index < -0.39 is 15.8 Å². The van der Waals surface area contributed by atoms with Gasteiger partial charge < -0.3 is 9.84 Å². The third kappa shape index (κ3) is 5.51. The molecule has 38 heavy (non-hydrogen) atoms. The number of fused-ring (bicyclic) bond motifs is 3. The van der Waals surface area contributed by atoms with Gasteiger partial charge in [0.2, 0.25) is 0 Å². The van der Waals surface area contributed by atoms with Crippen LogP contribution in [0.4, 0.5) is 0 Å². The maximum Gasteiger partial charge on any atom is 0.307 e. The molecule has 0 unspecified atom stereocenters. The zero-order valence-corrected chi connectivity index (χ0v) is 22.4. The van der Waals surface area contributed by atoms with Crippen molar-refractivity contribution in [1.29, 1.82) is 0 Å². The van der Waals surface area contributed by atoms with Crippen molar-refractivity contribution in [2.24, 2.45) is 5.92 Å². The average Bonchev–Trinajstić information content (AvgIpc) is 3.73. The number of carboxylic acids is 1. The summed E-state index contributed by atoms with van der Waals surface area (Å²) in [6.45, 7) is 0. The standard InChI is InChI=1S/C32H34O5S/c33-32(34)31-20-30(31)24-9-6-21(7-10-24)4-5-22-8-11-23-2-1-3-25-19-27(12-13-28(25)29(23)18-22)37-26-14-16-38(35,36)17-15-26/h6-13,18-19,26,30-31H,1-5,14-17,20H2,(H,33,34)/t30-,31+/m1/s1. The summed E-state index contributed by atoms with van der Waals surface area (Å²) in [7, 11) is -2.89. The Morgan fingerprint density at radius 3 is 2.29 bits per heavy atom. The fraction of sp³-hybridized carbons (Fsp3) is 0.406. The van der Waals surface area contributed by atoms with E-state index in [0.29, 0.717) is 12.8 Å². The highest BCUT2D eigenvalue weighted by Crippen LogP contribution is 2.47. The molecule has 0 amide bonds. The van der Waals surface area contributed by atoms with Gasteiger partial charge in [0.05, 0.1) is 17.4 Å². The quantitative estimate of drug-likeness (QED) is 0.419. The summed E-state index contributed by atoms with van der Waals surface area (Å²) in [6.07, 6.45) is 6.92. The molecule has 1 heterocycles. The molecule has 6 heteroatoms. The molecule has 2 atom stereocenters. The van der Waals surface area contributed by atoms with E-state index in [4.69, 9.17) is 4.74 Å². The lowest BCUT2D eigenvalue weighted by Gasteiger charge is -2.24. The Hall–Kier alpha value is -3.12. The van der Waals surface area contributed by atoms with Gasteiger partial charge in [-0.3, -0.25) is 4.79 Å². The van der Waals surface area contributed by atoms with Crippen molar-refractivity contribution in [3.05, 3.63) is 88.5 Å². The topological polar surface area (TPSA) is 80.7 Å². The van der Waals surface area contributed by atoms with Crippen molar-refractivity contribution in [2.45, 2.75) is 63.4 Å². The lowest BCUT2D eigenvalue weighted by molar-refractivity contribution is -0.138. The van der Waals surface area contributed by atoms with Crippen LogP contribution in [0.3, 0.4) is 0 Å². The van der Waals surface area contributed by atoms with E-state index >= 15 is 0 Å². The van der Waals surface area contributed by atoms with Gasteiger partial charge in [-0.25, -0.2) is 8.42 Å². The molecule has 2 aliphatic carbocycles. The molecule has 1 aliphatic heterocycles. The highest BCUT2D eigenvalue weighted by molar-refractivity contribution is 7.91. The Kier molecular flexibility index (Phi) is 6.77. The average molecular weight is 531 g/mol. The van der Waals surface area contributed by atoms with Crippen LogP contribution < -0.4 is 4.74 Å². The summed E-state index contributed by atoms with van der Waals surface area (Å²) in [4.78, 5) is 11.2. The second kappa shape index (κ2) is 10.2. The largest absolute Gasteiger partial charge is 0.490 e. The van der Waals surface area contributed by atoms with Crippen LogP contribution in [0.15, 0.2) is 60.7 Å². The monoisotopic (exact) mass is 530 g/mol. The van der Waals surface area contributed by atoms with Crippen molar-refractivity contribution in [1.82, 2.24) is 0 Å². The molecule has 0 aromatic heterocycles. The van der Waals surface area contributed by atoms with E-state index in [1.165, 1.54) is 33.4 Å². The summed E-state index contributed by atoms with van der Waals surface area (Å²) in [6, 6.07) is 21.8. The zero-order valence-electron chi connectivity index (χ0n) is 21.6. The van der Waals surface area contributed by atoms with E-state index in [0.717, 1.165) is 49.8 Å². The number of rotatable bonds is 7. The first-order valence-corrected chi connectivity index (χ1v) is 15.6. The van der Waals surface area contributed by atoms with Gasteiger partial charge in [0.15, 0.2) is 9.84 Å². The van der Waals surface area contributed by atoms with Crippen molar-refractivity contribution >= 4 is 15.8 Å². The number of benzene rings is 3. The third-order valence-electron chi connectivity index (χ3n) is 8.46. The number of ether oxygens (including phenoxy) is 1. The van der Waals surface area contributed by atoms with E-state index in [9.17, 15) is 18.3 Å². The first kappa shape index (κ1) is 25.2. The van der Waals surface area contributed by atoms with Crippen molar-refractivity contribution in [3.63, 3.8) is 0 Å². The Labute approximate surface area is 224 Å². The number of sulfone groups is 1. The smallest absolute Gasteiger partial charge is 0.307 e.